The SMILES string of the molecule is CCOC(=O)C(C=Nc1ccc(OCC)c(Br)c1)C(=O)OCC. The molecule has 0 aliphatic heterocycles. The molecular formula is C16H20BrNO5. The molecule has 0 amide bonds. The summed E-state index contributed by atoms with van der Waals surface area (Å²) in [5, 5.41) is 0. The third-order valence-corrected chi connectivity index (χ3v) is 3.29. The van der Waals surface area contributed by atoms with E-state index >= 15 is 0 Å². The van der Waals surface area contributed by atoms with E-state index in [9.17, 15) is 9.59 Å². The van der Waals surface area contributed by atoms with Crippen LogP contribution in [0.1, 0.15) is 20.8 Å². The van der Waals surface area contributed by atoms with E-state index in [1.807, 2.05) is 6.92 Å². The van der Waals surface area contributed by atoms with Crippen LogP contribution in [0.5, 0.6) is 5.75 Å². The second-order valence-corrected chi connectivity index (χ2v) is 5.16. The first kappa shape index (κ1) is 19.2. The fourth-order valence-electron chi connectivity index (χ4n) is 1.69. The second-order valence-electron chi connectivity index (χ2n) is 4.31. The lowest BCUT2D eigenvalue weighted by Crippen LogP contribution is -2.29. The van der Waals surface area contributed by atoms with E-state index in [1.165, 1.54) is 6.21 Å². The van der Waals surface area contributed by atoms with Gasteiger partial charge in [0.25, 0.3) is 0 Å². The molecule has 0 unspecified atom stereocenters. The van der Waals surface area contributed by atoms with Gasteiger partial charge in [-0.15, -0.1) is 0 Å². The summed E-state index contributed by atoms with van der Waals surface area (Å²) in [5.41, 5.74) is 0.568. The van der Waals surface area contributed by atoms with Crippen molar-refractivity contribution in [1.29, 1.82) is 0 Å². The molecule has 0 bridgehead atoms. The van der Waals surface area contributed by atoms with Gasteiger partial charge >= 0.3 is 11.9 Å². The third kappa shape index (κ3) is 6.02. The Bertz CT molecular complexity index is 556. The van der Waals surface area contributed by atoms with Gasteiger partial charge in [0.1, 0.15) is 5.75 Å². The lowest BCUT2D eigenvalue weighted by molar-refractivity contribution is -0.157. The topological polar surface area (TPSA) is 74.2 Å². The Morgan fingerprint density at radius 2 is 1.74 bits per heavy atom. The molecule has 0 aromatic heterocycles. The monoisotopic (exact) mass is 385 g/mol. The molecule has 1 aromatic rings. The van der Waals surface area contributed by atoms with Gasteiger partial charge in [0.2, 0.25) is 0 Å². The smallest absolute Gasteiger partial charge is 0.325 e. The highest BCUT2D eigenvalue weighted by Gasteiger charge is 2.27. The first-order chi connectivity index (χ1) is 11.0. The van der Waals surface area contributed by atoms with Crippen LogP contribution in [0, 0.1) is 5.92 Å². The van der Waals surface area contributed by atoms with E-state index < -0.39 is 17.9 Å². The first-order valence-electron chi connectivity index (χ1n) is 7.33. The fourth-order valence-corrected chi connectivity index (χ4v) is 2.17. The van der Waals surface area contributed by atoms with Crippen molar-refractivity contribution in [1.82, 2.24) is 0 Å². The summed E-state index contributed by atoms with van der Waals surface area (Å²) < 4.78 is 15.9. The van der Waals surface area contributed by atoms with Crippen LogP contribution >= 0.6 is 15.9 Å². The minimum Gasteiger partial charge on any atom is -0.493 e. The van der Waals surface area contributed by atoms with Crippen LogP contribution in [0.4, 0.5) is 5.69 Å². The molecule has 0 atom stereocenters. The highest BCUT2D eigenvalue weighted by Crippen LogP contribution is 2.29. The summed E-state index contributed by atoms with van der Waals surface area (Å²) >= 11 is 3.38. The Hall–Kier alpha value is -1.89. The van der Waals surface area contributed by atoms with Crippen LogP contribution in [-0.2, 0) is 19.1 Å². The lowest BCUT2D eigenvalue weighted by Gasteiger charge is -2.10. The lowest BCUT2D eigenvalue weighted by atomic mass is 10.1. The Balaban J connectivity index is 2.93. The van der Waals surface area contributed by atoms with Gasteiger partial charge in [0.05, 0.1) is 30.0 Å². The standard InChI is InChI=1S/C16H20BrNO5/c1-4-21-14-8-7-11(9-13(14)17)18-10-12(15(19)22-5-2)16(20)23-6-3/h7-10,12H,4-6H2,1-3H3. The zero-order chi connectivity index (χ0) is 17.2. The Morgan fingerprint density at radius 1 is 1.13 bits per heavy atom. The van der Waals surface area contributed by atoms with E-state index in [1.54, 1.807) is 32.0 Å². The summed E-state index contributed by atoms with van der Waals surface area (Å²) in [7, 11) is 0. The molecule has 0 radical (unpaired) electrons. The predicted octanol–water partition coefficient (Wildman–Crippen LogP) is 3.29. The maximum absolute atomic E-state index is 11.8. The molecule has 0 aliphatic rings. The van der Waals surface area contributed by atoms with Gasteiger partial charge in [0.15, 0.2) is 5.92 Å². The van der Waals surface area contributed by atoms with E-state index in [2.05, 4.69) is 20.9 Å². The van der Waals surface area contributed by atoms with Crippen LogP contribution in [0.15, 0.2) is 27.7 Å². The number of aliphatic imine (C=N–C) groups is 1. The van der Waals surface area contributed by atoms with Gasteiger partial charge < -0.3 is 14.2 Å². The molecule has 1 rings (SSSR count). The van der Waals surface area contributed by atoms with Crippen LogP contribution in [0.2, 0.25) is 0 Å². The van der Waals surface area contributed by atoms with Crippen LogP contribution in [0.25, 0.3) is 0 Å². The number of carbonyl (C=O) groups is 2. The summed E-state index contributed by atoms with van der Waals surface area (Å²) in [6.45, 7) is 6.13. The number of rotatable bonds is 8. The third-order valence-electron chi connectivity index (χ3n) is 2.67. The minimum absolute atomic E-state index is 0.178. The Morgan fingerprint density at radius 3 is 2.22 bits per heavy atom. The zero-order valence-corrected chi connectivity index (χ0v) is 15.0. The average molecular weight is 386 g/mol. The maximum atomic E-state index is 11.8. The van der Waals surface area contributed by atoms with Gasteiger partial charge in [-0.25, -0.2) is 0 Å². The summed E-state index contributed by atoms with van der Waals surface area (Å²) in [6.07, 6.45) is 1.23. The van der Waals surface area contributed by atoms with Crippen molar-refractivity contribution in [3.63, 3.8) is 0 Å². The number of carbonyl (C=O) groups excluding carboxylic acids is 2. The first-order valence-corrected chi connectivity index (χ1v) is 8.12. The fraction of sp³-hybridized carbons (Fsp3) is 0.438. The number of hydrogen-bond donors (Lipinski definition) is 0. The predicted molar refractivity (Wildman–Crippen MR) is 90.2 cm³/mol. The van der Waals surface area contributed by atoms with Crippen LogP contribution in [-0.4, -0.2) is 38.0 Å². The highest BCUT2D eigenvalue weighted by atomic mass is 79.9. The average Bonchev–Trinajstić information content (AvgIpc) is 2.51. The van der Waals surface area contributed by atoms with Crippen molar-refractivity contribution >= 4 is 39.8 Å². The van der Waals surface area contributed by atoms with Gasteiger partial charge in [-0.05, 0) is 54.9 Å². The van der Waals surface area contributed by atoms with Crippen molar-refractivity contribution in [3.05, 3.63) is 22.7 Å². The quantitative estimate of drug-likeness (QED) is 0.389. The number of ether oxygens (including phenoxy) is 3. The number of esters is 2. The molecular weight excluding hydrogens is 366 g/mol. The van der Waals surface area contributed by atoms with E-state index in [0.29, 0.717) is 18.0 Å². The molecule has 0 spiro atoms. The highest BCUT2D eigenvalue weighted by molar-refractivity contribution is 9.10. The van der Waals surface area contributed by atoms with Crippen molar-refractivity contribution < 1.29 is 23.8 Å². The molecule has 1 aromatic carbocycles. The van der Waals surface area contributed by atoms with Crippen LogP contribution < -0.4 is 4.74 Å². The summed E-state index contributed by atoms with van der Waals surface area (Å²) in [4.78, 5) is 27.8. The van der Waals surface area contributed by atoms with Gasteiger partial charge in [-0.1, -0.05) is 0 Å². The largest absolute Gasteiger partial charge is 0.493 e. The Kier molecular flexibility index (Phi) is 8.32. The van der Waals surface area contributed by atoms with E-state index in [-0.39, 0.29) is 13.2 Å². The molecule has 6 nitrogen and oxygen atoms in total. The molecule has 0 fully saturated rings. The minimum atomic E-state index is -1.18. The molecule has 0 N–H and O–H groups in total. The van der Waals surface area contributed by atoms with Gasteiger partial charge in [-0.2, -0.15) is 0 Å². The van der Waals surface area contributed by atoms with Crippen molar-refractivity contribution in [3.8, 4) is 5.75 Å². The summed E-state index contributed by atoms with van der Waals surface area (Å²) in [6, 6.07) is 5.21. The zero-order valence-electron chi connectivity index (χ0n) is 13.4. The van der Waals surface area contributed by atoms with Gasteiger partial charge in [-0.3, -0.25) is 14.6 Å². The molecule has 0 saturated carbocycles. The van der Waals surface area contributed by atoms with Crippen molar-refractivity contribution in [2.45, 2.75) is 20.8 Å². The molecule has 0 aliphatic carbocycles. The number of hydrogen-bond acceptors (Lipinski definition) is 6. The van der Waals surface area contributed by atoms with Crippen molar-refractivity contribution in [2.75, 3.05) is 19.8 Å². The molecule has 23 heavy (non-hydrogen) atoms. The molecule has 0 heterocycles. The number of benzene rings is 1. The van der Waals surface area contributed by atoms with E-state index in [4.69, 9.17) is 14.2 Å². The van der Waals surface area contributed by atoms with Crippen LogP contribution in [0.3, 0.4) is 0 Å². The molecule has 0 saturated heterocycles. The molecule has 7 heteroatoms. The maximum Gasteiger partial charge on any atom is 0.325 e. The van der Waals surface area contributed by atoms with E-state index in [0.717, 1.165) is 4.47 Å². The number of nitrogens with zero attached hydrogens (tertiary/aromatic N) is 1. The number of halogens is 1. The van der Waals surface area contributed by atoms with Crippen molar-refractivity contribution in [2.24, 2.45) is 10.9 Å². The second kappa shape index (κ2) is 9.99. The Labute approximate surface area is 144 Å². The van der Waals surface area contributed by atoms with Gasteiger partial charge in [0, 0.05) is 6.21 Å². The summed E-state index contributed by atoms with van der Waals surface area (Å²) in [5.74, 6) is -1.85. The normalized spacial score (nSPS) is 10.8. The molecule has 126 valence electrons.